The van der Waals surface area contributed by atoms with Crippen LogP contribution in [0, 0.1) is 11.6 Å². The number of ether oxygens (including phenoxy) is 12. The molecule has 7 aliphatic rings. The van der Waals surface area contributed by atoms with E-state index in [2.05, 4.69) is 76.8 Å². The Morgan fingerprint density at radius 3 is 1.23 bits per heavy atom. The zero-order chi connectivity index (χ0) is 86.4. The lowest BCUT2D eigenvalue weighted by Crippen LogP contribution is -2.33. The summed E-state index contributed by atoms with van der Waals surface area (Å²) < 4.78 is 108. The molecule has 15 atom stereocenters. The molecule has 7 fully saturated rings. The molecule has 0 radical (unpaired) electrons. The van der Waals surface area contributed by atoms with Crippen molar-refractivity contribution in [3.05, 3.63) is 241 Å². The Labute approximate surface area is 706 Å². The minimum Gasteiger partial charge on any atom is -0.490 e. The lowest BCUT2D eigenvalue weighted by Gasteiger charge is -2.22. The van der Waals surface area contributed by atoms with Crippen molar-refractivity contribution in [2.24, 2.45) is 0 Å². The highest BCUT2D eigenvalue weighted by atomic mass is 19.1. The molecule has 19 rings (SSSR count). The number of hydrogen-bond donors (Lipinski definition) is 9. The molecular weight excluding hydrogens is 1640 g/mol. The first-order valence-corrected chi connectivity index (χ1v) is 39.6. The van der Waals surface area contributed by atoms with Crippen molar-refractivity contribution < 1.29 is 110 Å². The number of rotatable bonds is 25. The van der Waals surface area contributed by atoms with Crippen molar-refractivity contribution in [3.8, 4) is 17.2 Å². The zero-order valence-corrected chi connectivity index (χ0v) is 66.1. The van der Waals surface area contributed by atoms with Crippen LogP contribution in [0.3, 0.4) is 0 Å². The van der Waals surface area contributed by atoms with E-state index in [0.717, 1.165) is 41.7 Å². The van der Waals surface area contributed by atoms with Crippen LogP contribution in [0.1, 0.15) is 106 Å². The second kappa shape index (κ2) is 36.9. The van der Waals surface area contributed by atoms with E-state index in [-0.39, 0.29) is 71.8 Å². The molecule has 41 heteroatoms. The Bertz CT molecular complexity index is 5980. The normalized spacial score (nSPS) is 23.8. The van der Waals surface area contributed by atoms with Crippen LogP contribution in [0.4, 0.5) is 40.6 Å². The molecule has 0 bridgehead atoms. The van der Waals surface area contributed by atoms with Gasteiger partial charge in [-0.1, -0.05) is 121 Å². The molecule has 6 saturated heterocycles. The molecule has 39 nitrogen and oxygen atoms in total. The molecule has 1 saturated carbocycles. The van der Waals surface area contributed by atoms with E-state index in [1.54, 1.807) is 58.2 Å². The third-order valence-corrected chi connectivity index (χ3v) is 20.8. The van der Waals surface area contributed by atoms with Gasteiger partial charge in [0.1, 0.15) is 116 Å². The topological polar surface area (TPSA) is 477 Å². The van der Waals surface area contributed by atoms with Gasteiger partial charge in [0.2, 0.25) is 0 Å². The van der Waals surface area contributed by atoms with Crippen LogP contribution in [0.5, 0.6) is 17.2 Å². The highest BCUT2D eigenvalue weighted by molar-refractivity contribution is 5.98. The summed E-state index contributed by atoms with van der Waals surface area (Å²) in [5.41, 5.74) is 4.22. The molecule has 12 aromatic rings. The van der Waals surface area contributed by atoms with Gasteiger partial charge in [0.05, 0.1) is 19.0 Å². The highest BCUT2D eigenvalue weighted by Gasteiger charge is 2.57. The van der Waals surface area contributed by atoms with Crippen molar-refractivity contribution in [2.45, 2.75) is 125 Å². The summed E-state index contributed by atoms with van der Waals surface area (Å²) in [6.45, 7) is 3.99. The maximum Gasteiger partial charge on any atom is 0.339 e. The van der Waals surface area contributed by atoms with Gasteiger partial charge in [-0.05, 0) is 74.7 Å². The van der Waals surface area contributed by atoms with E-state index < -0.39 is 146 Å². The second-order valence-corrected chi connectivity index (χ2v) is 29.0. The number of carboxylic acids is 3. The van der Waals surface area contributed by atoms with Crippen molar-refractivity contribution in [1.29, 1.82) is 0 Å². The van der Waals surface area contributed by atoms with E-state index in [0.29, 0.717) is 46.6 Å². The number of carbonyl (C=O) groups is 6. The Kier molecular flexibility index (Phi) is 24.5. The zero-order valence-electron chi connectivity index (χ0n) is 66.1. The minimum absolute atomic E-state index is 0.0165. The number of aromatic nitrogens is 12. The first kappa shape index (κ1) is 83.1. The molecule has 644 valence electrons. The summed E-state index contributed by atoms with van der Waals surface area (Å²) in [6.07, 6.45) is 3.62. The molecule has 9 N–H and O–H groups in total. The third kappa shape index (κ3) is 17.9. The number of nitrogens with zero attached hydrogens (tertiary/aromatic N) is 12. The predicted molar refractivity (Wildman–Crippen MR) is 432 cm³/mol. The van der Waals surface area contributed by atoms with Crippen molar-refractivity contribution in [3.63, 3.8) is 0 Å². The SMILES string of the molecule is CCNC(=O)Nc1ncnc2c1ncn2C1OC(COc2c(F)cccc2C(=O)O)C2O[C@H](/C=C/c3ccccc3)OC21.CCNC(=O)Nc1ncnc2c1ncn2C1OC(COc2c(F)cccc2C(=O)O)C2O[C@H](c3ccccc3)OC21.O=C(Nc1ncnc2c1ncn2C1OC(COc2ccccc2C(=O)O)C2O[C@H](c3ccccc3)OC21)NC1CC1. The second-order valence-electron chi connectivity index (χ2n) is 29.0. The van der Waals surface area contributed by atoms with Gasteiger partial charge < -0.3 is 88.1 Å². The fourth-order valence-corrected chi connectivity index (χ4v) is 15.0. The van der Waals surface area contributed by atoms with E-state index >= 15 is 0 Å². The van der Waals surface area contributed by atoms with E-state index in [4.69, 9.17) is 56.8 Å². The molecule has 12 unspecified atom stereocenters. The lowest BCUT2D eigenvalue weighted by molar-refractivity contribution is -0.152. The number of urea groups is 3. The summed E-state index contributed by atoms with van der Waals surface area (Å²) >= 11 is 0. The fourth-order valence-electron chi connectivity index (χ4n) is 15.0. The van der Waals surface area contributed by atoms with Crippen LogP contribution < -0.4 is 46.1 Å². The minimum atomic E-state index is -1.33. The van der Waals surface area contributed by atoms with Gasteiger partial charge in [-0.15, -0.1) is 0 Å². The van der Waals surface area contributed by atoms with Gasteiger partial charge in [0.15, 0.2) is 112 Å². The molecule has 125 heavy (non-hydrogen) atoms. The number of aromatic carboxylic acids is 3. The van der Waals surface area contributed by atoms with E-state index in [9.17, 15) is 52.9 Å². The summed E-state index contributed by atoms with van der Waals surface area (Å²) in [4.78, 5) is 110. The quantitative estimate of drug-likeness (QED) is 0.0257. The van der Waals surface area contributed by atoms with Crippen LogP contribution >= 0.6 is 0 Å². The van der Waals surface area contributed by atoms with Crippen LogP contribution in [-0.4, -0.2) is 210 Å². The number of hydrogen-bond acceptors (Lipinski definition) is 27. The number of halogens is 2. The van der Waals surface area contributed by atoms with Gasteiger partial charge in [-0.3, -0.25) is 29.7 Å². The number of nitrogens with one attached hydrogen (secondary N) is 6. The van der Waals surface area contributed by atoms with Gasteiger partial charge >= 0.3 is 36.0 Å². The van der Waals surface area contributed by atoms with E-state index in [1.165, 1.54) is 62.0 Å². The number of carboxylic acid groups (broad SMARTS) is 3. The average Bonchev–Trinajstić information content (AvgIpc) is 1.60. The van der Waals surface area contributed by atoms with Gasteiger partial charge in [0, 0.05) is 30.3 Å². The van der Waals surface area contributed by atoms with Crippen LogP contribution in [0.25, 0.3) is 39.6 Å². The summed E-state index contributed by atoms with van der Waals surface area (Å²) in [6, 6.07) is 41.2. The van der Waals surface area contributed by atoms with Gasteiger partial charge in [0.25, 0.3) is 0 Å². The highest BCUT2D eigenvalue weighted by Crippen LogP contribution is 2.48. The van der Waals surface area contributed by atoms with Gasteiger partial charge in [-0.2, -0.15) is 0 Å². The summed E-state index contributed by atoms with van der Waals surface area (Å²) in [7, 11) is 0. The molecule has 0 spiro atoms. The maximum absolute atomic E-state index is 14.6. The fraction of sp³-hybridized carbons (Fsp3) is 0.298. The molecule has 6 amide bonds. The van der Waals surface area contributed by atoms with Crippen LogP contribution in [0.2, 0.25) is 0 Å². The molecular formula is C84H78F2N18O21. The predicted octanol–water partition coefficient (Wildman–Crippen LogP) is 10.1. The molecule has 1 aliphatic carbocycles. The number of amides is 6. The molecule has 6 aromatic carbocycles. The lowest BCUT2D eigenvalue weighted by atomic mass is 10.1. The Hall–Kier alpha value is -14.2. The van der Waals surface area contributed by atoms with Crippen molar-refractivity contribution in [2.75, 3.05) is 48.9 Å². The van der Waals surface area contributed by atoms with Crippen LogP contribution in [0.15, 0.2) is 196 Å². The smallest absolute Gasteiger partial charge is 0.339 e. The third-order valence-electron chi connectivity index (χ3n) is 20.8. The Morgan fingerprint density at radius 2 is 0.800 bits per heavy atom. The standard InChI is InChI=1S/C29H27FN6O7.C28H26N6O7.C27H25FN6O7/c1-2-31-29(39)35-25-21-26(33-14-32-25)36(15-34-21)27-24-23(42-20(43-24)12-11-16-7-4-3-5-8-16)19(41-27)13-40-22-17(28(37)38)9-6-10-18(22)30;35-26(36)17-8-4-5-9-18(17)38-12-19-21-22(41-27(40-21)15-6-2-1-3-7-15)25(39-19)34-14-31-20-23(29-13-30-24(20)34)33-28(37)32-16-10-11-16;1-2-29-27(37)33-22-18-23(31-12-30-22)34(13-32-18)24-21-20(40-26(41-21)14-7-4-3-5-8-14)17(39-24)11-38-19-15(25(35)36)9-6-10-16(19)28/h3-12,14-15,19-20,23-24,27H,2,13H2,1H3,(H,37,38)(H2,31,32,33,35,39);1-9,13-14,16,19,21-22,25,27H,10-12H2,(H,35,36)(H2,29,30,32,33,37);3-10,12-13,17,20-21,24,26H,2,11H2,1H3,(H,35,36)(H2,29,30,31,33,37)/b12-11+;;/t19?,20-,23?,24?,27?;19?,21?,22?,25?,27-;17?,20?,21?,24?,26-/m000/s1. The number of benzene rings is 6. The first-order valence-electron chi connectivity index (χ1n) is 39.6. The van der Waals surface area contributed by atoms with Crippen LogP contribution in [-0.2, 0) is 42.6 Å². The summed E-state index contributed by atoms with van der Waals surface area (Å²) in [5.74, 6) is -5.26. The first-order chi connectivity index (χ1) is 60.9. The Balaban J connectivity index is 0.000000133. The number of carbonyl (C=O) groups excluding carboxylic acids is 3. The van der Waals surface area contributed by atoms with E-state index in [1.807, 2.05) is 97.1 Å². The maximum atomic E-state index is 14.6. The molecule has 6 aromatic heterocycles. The van der Waals surface area contributed by atoms with Crippen molar-refractivity contribution >= 4 is 93.0 Å². The van der Waals surface area contributed by atoms with Gasteiger partial charge in [-0.25, -0.2) is 82.4 Å². The average molecular weight is 1710 g/mol. The monoisotopic (exact) mass is 1710 g/mol. The number of anilines is 3. The number of para-hydroxylation sites is 3. The Morgan fingerprint density at radius 1 is 0.424 bits per heavy atom. The molecule has 12 heterocycles. The number of imidazole rings is 3. The number of fused-ring (bicyclic) bond motifs is 6. The summed E-state index contributed by atoms with van der Waals surface area (Å²) in [5, 5.41) is 44.8. The largest absolute Gasteiger partial charge is 0.490 e. The van der Waals surface area contributed by atoms with Crippen molar-refractivity contribution in [1.82, 2.24) is 74.5 Å². The molecule has 6 aliphatic heterocycles.